The van der Waals surface area contributed by atoms with E-state index in [1.165, 1.54) is 13.3 Å². The zero-order valence-electron chi connectivity index (χ0n) is 19.3. The number of ether oxygens (including phenoxy) is 4. The summed E-state index contributed by atoms with van der Waals surface area (Å²) >= 11 is 5.81. The van der Waals surface area contributed by atoms with Crippen LogP contribution in [0.15, 0.2) is 71.8 Å². The fourth-order valence-corrected chi connectivity index (χ4v) is 2.93. The van der Waals surface area contributed by atoms with Gasteiger partial charge in [-0.25, -0.2) is 10.2 Å². The number of hydrazone groups is 1. The molecule has 0 aliphatic heterocycles. The Hall–Kier alpha value is -4.04. The minimum absolute atomic E-state index is 0.205. The molecule has 9 heteroatoms. The van der Waals surface area contributed by atoms with E-state index in [0.717, 1.165) is 6.42 Å². The molecule has 3 aromatic rings. The number of carbonyl (C=O) groups is 2. The highest BCUT2D eigenvalue weighted by Crippen LogP contribution is 2.28. The molecular weight excluding hydrogens is 472 g/mol. The quantitative estimate of drug-likeness (QED) is 0.176. The Morgan fingerprint density at radius 3 is 2.31 bits per heavy atom. The van der Waals surface area contributed by atoms with Gasteiger partial charge in [0.15, 0.2) is 18.1 Å². The standard InChI is InChI=1S/C26H25ClN2O6/c1-3-14-33-21-9-5-19(6-10-21)26(31)35-23-13-4-18(15-24(23)32-2)16-28-29-25(30)17-34-22-11-7-20(27)8-12-22/h4-13,15-16H,3,14,17H2,1-2H3,(H,29,30)/b28-16+. The Bertz CT molecular complexity index is 1160. The number of methoxy groups -OCH3 is 1. The smallest absolute Gasteiger partial charge is 0.343 e. The summed E-state index contributed by atoms with van der Waals surface area (Å²) in [5.74, 6) is 0.834. The molecule has 0 heterocycles. The number of carbonyl (C=O) groups excluding carboxylic acids is 2. The Morgan fingerprint density at radius 1 is 0.943 bits per heavy atom. The van der Waals surface area contributed by atoms with Gasteiger partial charge in [0.25, 0.3) is 5.91 Å². The van der Waals surface area contributed by atoms with Crippen LogP contribution in [0.1, 0.15) is 29.3 Å². The third-order valence-corrected chi connectivity index (χ3v) is 4.79. The average molecular weight is 497 g/mol. The average Bonchev–Trinajstić information content (AvgIpc) is 2.88. The molecule has 8 nitrogen and oxygen atoms in total. The van der Waals surface area contributed by atoms with Gasteiger partial charge < -0.3 is 18.9 Å². The molecule has 3 aromatic carbocycles. The number of nitrogens with zero attached hydrogens (tertiary/aromatic N) is 1. The zero-order chi connectivity index (χ0) is 25.0. The van der Waals surface area contributed by atoms with Crippen molar-refractivity contribution in [2.75, 3.05) is 20.3 Å². The molecule has 0 atom stereocenters. The first-order valence-corrected chi connectivity index (χ1v) is 11.2. The van der Waals surface area contributed by atoms with E-state index in [1.807, 2.05) is 6.92 Å². The second kappa shape index (κ2) is 13.0. The van der Waals surface area contributed by atoms with Crippen LogP contribution in [-0.2, 0) is 4.79 Å². The molecule has 0 saturated carbocycles. The van der Waals surface area contributed by atoms with Gasteiger partial charge in [-0.15, -0.1) is 0 Å². The van der Waals surface area contributed by atoms with Crippen molar-refractivity contribution in [2.24, 2.45) is 5.10 Å². The number of esters is 1. The van der Waals surface area contributed by atoms with Crippen molar-refractivity contribution < 1.29 is 28.5 Å². The summed E-state index contributed by atoms with van der Waals surface area (Å²) in [6.45, 7) is 2.42. The lowest BCUT2D eigenvalue weighted by Gasteiger charge is -2.10. The molecular formula is C26H25ClN2O6. The summed E-state index contributed by atoms with van der Waals surface area (Å²) in [6, 6.07) is 18.3. The summed E-state index contributed by atoms with van der Waals surface area (Å²) in [7, 11) is 1.46. The lowest BCUT2D eigenvalue weighted by atomic mass is 10.2. The summed E-state index contributed by atoms with van der Waals surface area (Å²) in [6.07, 6.45) is 2.33. The molecule has 0 aliphatic rings. The Balaban J connectivity index is 1.54. The number of hydrogen-bond donors (Lipinski definition) is 1. The van der Waals surface area contributed by atoms with E-state index in [2.05, 4.69) is 10.5 Å². The van der Waals surface area contributed by atoms with Crippen molar-refractivity contribution in [2.45, 2.75) is 13.3 Å². The first-order valence-electron chi connectivity index (χ1n) is 10.8. The lowest BCUT2D eigenvalue weighted by Crippen LogP contribution is -2.24. The van der Waals surface area contributed by atoms with E-state index in [4.69, 9.17) is 30.5 Å². The van der Waals surface area contributed by atoms with Gasteiger partial charge in [-0.2, -0.15) is 5.10 Å². The summed E-state index contributed by atoms with van der Waals surface area (Å²) in [5.41, 5.74) is 3.38. The molecule has 0 radical (unpaired) electrons. The molecule has 182 valence electrons. The topological polar surface area (TPSA) is 95.5 Å². The minimum Gasteiger partial charge on any atom is -0.494 e. The summed E-state index contributed by atoms with van der Waals surface area (Å²) < 4.78 is 21.7. The SMILES string of the molecule is CCCOc1ccc(C(=O)Oc2ccc(/C=N/NC(=O)COc3ccc(Cl)cc3)cc2OC)cc1. The number of nitrogens with one attached hydrogen (secondary N) is 1. The monoisotopic (exact) mass is 496 g/mol. The van der Waals surface area contributed by atoms with Crippen molar-refractivity contribution in [3.8, 4) is 23.0 Å². The van der Waals surface area contributed by atoms with E-state index in [1.54, 1.807) is 66.7 Å². The summed E-state index contributed by atoms with van der Waals surface area (Å²) in [5, 5.41) is 4.49. The lowest BCUT2D eigenvalue weighted by molar-refractivity contribution is -0.123. The normalized spacial score (nSPS) is 10.6. The predicted octanol–water partition coefficient (Wildman–Crippen LogP) is 4.89. The Kier molecular flexibility index (Phi) is 9.50. The fourth-order valence-electron chi connectivity index (χ4n) is 2.81. The van der Waals surface area contributed by atoms with Crippen LogP contribution in [0.25, 0.3) is 0 Å². The third-order valence-electron chi connectivity index (χ3n) is 4.54. The molecule has 3 rings (SSSR count). The van der Waals surface area contributed by atoms with Gasteiger partial charge in [0.1, 0.15) is 11.5 Å². The first kappa shape index (κ1) is 25.6. The molecule has 1 N–H and O–H groups in total. The maximum absolute atomic E-state index is 12.5. The van der Waals surface area contributed by atoms with E-state index in [9.17, 15) is 9.59 Å². The molecule has 35 heavy (non-hydrogen) atoms. The van der Waals surface area contributed by atoms with Crippen LogP contribution in [0.2, 0.25) is 5.02 Å². The summed E-state index contributed by atoms with van der Waals surface area (Å²) in [4.78, 5) is 24.4. The Labute approximate surface area is 208 Å². The van der Waals surface area contributed by atoms with Crippen molar-refractivity contribution in [1.29, 1.82) is 0 Å². The molecule has 1 amide bonds. The van der Waals surface area contributed by atoms with E-state index >= 15 is 0 Å². The van der Waals surface area contributed by atoms with Gasteiger partial charge in [0.2, 0.25) is 0 Å². The van der Waals surface area contributed by atoms with E-state index in [-0.39, 0.29) is 12.4 Å². The number of halogens is 1. The highest BCUT2D eigenvalue weighted by Gasteiger charge is 2.13. The van der Waals surface area contributed by atoms with Crippen LogP contribution in [0.5, 0.6) is 23.0 Å². The molecule has 0 spiro atoms. The van der Waals surface area contributed by atoms with Crippen molar-refractivity contribution in [1.82, 2.24) is 5.43 Å². The van der Waals surface area contributed by atoms with Gasteiger partial charge in [0, 0.05) is 5.02 Å². The van der Waals surface area contributed by atoms with Gasteiger partial charge in [-0.3, -0.25) is 4.79 Å². The van der Waals surface area contributed by atoms with Crippen LogP contribution >= 0.6 is 11.6 Å². The van der Waals surface area contributed by atoms with E-state index < -0.39 is 11.9 Å². The second-order valence-corrected chi connectivity index (χ2v) is 7.64. The van der Waals surface area contributed by atoms with E-state index in [0.29, 0.717) is 40.0 Å². The molecule has 0 fully saturated rings. The second-order valence-electron chi connectivity index (χ2n) is 7.21. The van der Waals surface area contributed by atoms with Gasteiger partial charge in [-0.05, 0) is 78.7 Å². The molecule has 0 unspecified atom stereocenters. The highest BCUT2D eigenvalue weighted by molar-refractivity contribution is 6.30. The van der Waals surface area contributed by atoms with Crippen LogP contribution in [-0.4, -0.2) is 38.4 Å². The zero-order valence-corrected chi connectivity index (χ0v) is 20.1. The highest BCUT2D eigenvalue weighted by atomic mass is 35.5. The molecule has 0 aliphatic carbocycles. The predicted molar refractivity (Wildman–Crippen MR) is 133 cm³/mol. The molecule has 0 bridgehead atoms. The number of benzene rings is 3. The van der Waals surface area contributed by atoms with Crippen LogP contribution in [0, 0.1) is 0 Å². The van der Waals surface area contributed by atoms with Gasteiger partial charge in [0.05, 0.1) is 25.5 Å². The number of rotatable bonds is 11. The van der Waals surface area contributed by atoms with Crippen LogP contribution in [0.4, 0.5) is 0 Å². The van der Waals surface area contributed by atoms with Crippen LogP contribution in [0.3, 0.4) is 0 Å². The van der Waals surface area contributed by atoms with Crippen molar-refractivity contribution >= 4 is 29.7 Å². The van der Waals surface area contributed by atoms with Gasteiger partial charge in [-0.1, -0.05) is 18.5 Å². The largest absolute Gasteiger partial charge is 0.494 e. The Morgan fingerprint density at radius 2 is 1.63 bits per heavy atom. The van der Waals surface area contributed by atoms with Crippen molar-refractivity contribution in [3.63, 3.8) is 0 Å². The maximum Gasteiger partial charge on any atom is 0.343 e. The minimum atomic E-state index is -0.528. The molecule has 0 saturated heterocycles. The van der Waals surface area contributed by atoms with Crippen molar-refractivity contribution in [3.05, 3.63) is 82.9 Å². The molecule has 0 aromatic heterocycles. The third kappa shape index (κ3) is 8.04. The maximum atomic E-state index is 12.5. The van der Waals surface area contributed by atoms with Gasteiger partial charge >= 0.3 is 5.97 Å². The van der Waals surface area contributed by atoms with Crippen LogP contribution < -0.4 is 24.4 Å². The fraction of sp³-hybridized carbons (Fsp3) is 0.192. The number of amides is 1. The first-order chi connectivity index (χ1) is 17.0. The number of hydrogen-bond acceptors (Lipinski definition) is 7.